The molecule has 0 aliphatic heterocycles. The molecular weight excluding hydrogens is 332 g/mol. The van der Waals surface area contributed by atoms with Crippen LogP contribution in [0.15, 0.2) is 63.9 Å². The molecule has 4 nitrogen and oxygen atoms in total. The summed E-state index contributed by atoms with van der Waals surface area (Å²) in [6, 6.07) is 16.9. The summed E-state index contributed by atoms with van der Waals surface area (Å²) in [5.74, 6) is 1.02. The van der Waals surface area contributed by atoms with Crippen LogP contribution >= 0.6 is 11.8 Å². The third-order valence-corrected chi connectivity index (χ3v) is 4.37. The van der Waals surface area contributed by atoms with Crippen LogP contribution in [0.4, 0.5) is 5.69 Å². The van der Waals surface area contributed by atoms with Gasteiger partial charge < -0.3 is 9.73 Å². The highest BCUT2D eigenvalue weighted by Crippen LogP contribution is 2.26. The van der Waals surface area contributed by atoms with Crippen LogP contribution in [0.1, 0.15) is 21.7 Å². The molecule has 1 N–H and O–H groups in total. The van der Waals surface area contributed by atoms with E-state index in [1.54, 1.807) is 37.3 Å². The topological polar surface area (TPSA) is 66.0 Å². The molecule has 1 heterocycles. The molecular formula is C20H16N2O2S. The van der Waals surface area contributed by atoms with Gasteiger partial charge in [-0.05, 0) is 55.9 Å². The maximum atomic E-state index is 12.5. The van der Waals surface area contributed by atoms with E-state index in [1.807, 2.05) is 36.6 Å². The van der Waals surface area contributed by atoms with Gasteiger partial charge in [-0.3, -0.25) is 4.79 Å². The Morgan fingerprint density at radius 2 is 1.76 bits per heavy atom. The van der Waals surface area contributed by atoms with Crippen molar-refractivity contribution in [2.45, 2.75) is 18.7 Å². The highest BCUT2D eigenvalue weighted by Gasteiger charge is 2.16. The maximum Gasteiger partial charge on any atom is 0.259 e. The number of thioether (sulfide) groups is 1. The van der Waals surface area contributed by atoms with Crippen LogP contribution in [0, 0.1) is 24.5 Å². The molecule has 0 fully saturated rings. The molecule has 3 rings (SSSR count). The van der Waals surface area contributed by atoms with E-state index in [9.17, 15) is 4.79 Å². The third-order valence-electron chi connectivity index (χ3n) is 3.77. The van der Waals surface area contributed by atoms with Gasteiger partial charge in [0.15, 0.2) is 0 Å². The molecule has 124 valence electrons. The number of carbonyl (C=O) groups is 1. The zero-order valence-electron chi connectivity index (χ0n) is 13.9. The molecule has 0 aliphatic rings. The lowest BCUT2D eigenvalue weighted by atomic mass is 10.1. The monoisotopic (exact) mass is 348 g/mol. The first-order valence-corrected chi connectivity index (χ1v) is 8.53. The number of aryl methyl sites for hydroxylation is 2. The Morgan fingerprint density at radius 1 is 1.08 bits per heavy atom. The van der Waals surface area contributed by atoms with Crippen LogP contribution < -0.4 is 5.32 Å². The average molecular weight is 348 g/mol. The zero-order valence-corrected chi connectivity index (χ0v) is 14.7. The summed E-state index contributed by atoms with van der Waals surface area (Å²) in [5, 5.41) is 13.5. The van der Waals surface area contributed by atoms with Crippen LogP contribution in [-0.2, 0) is 0 Å². The Balaban J connectivity index is 1.78. The Morgan fingerprint density at radius 3 is 2.40 bits per heavy atom. The Hall–Kier alpha value is -2.97. The van der Waals surface area contributed by atoms with E-state index in [0.29, 0.717) is 22.8 Å². The highest BCUT2D eigenvalue weighted by molar-refractivity contribution is 8.03. The van der Waals surface area contributed by atoms with Crippen LogP contribution in [-0.4, -0.2) is 5.91 Å². The summed E-state index contributed by atoms with van der Waals surface area (Å²) in [4.78, 5) is 13.4. The van der Waals surface area contributed by atoms with E-state index < -0.39 is 0 Å². The van der Waals surface area contributed by atoms with Gasteiger partial charge in [0, 0.05) is 16.1 Å². The first-order chi connectivity index (χ1) is 12.1. The lowest BCUT2D eigenvalue weighted by Gasteiger charge is -2.04. The quantitative estimate of drug-likeness (QED) is 0.507. The summed E-state index contributed by atoms with van der Waals surface area (Å²) < 4.78 is 5.75. The van der Waals surface area contributed by atoms with Crippen molar-refractivity contribution >= 4 is 23.4 Å². The van der Waals surface area contributed by atoms with Crippen LogP contribution in [0.2, 0.25) is 0 Å². The fourth-order valence-corrected chi connectivity index (χ4v) is 2.80. The third kappa shape index (κ3) is 3.93. The van der Waals surface area contributed by atoms with Crippen molar-refractivity contribution in [2.24, 2.45) is 0 Å². The first kappa shape index (κ1) is 16.9. The summed E-state index contributed by atoms with van der Waals surface area (Å²) in [5.41, 5.74) is 3.28. The van der Waals surface area contributed by atoms with Crippen molar-refractivity contribution in [1.29, 1.82) is 5.26 Å². The summed E-state index contributed by atoms with van der Waals surface area (Å²) in [7, 11) is 0. The predicted octanol–water partition coefficient (Wildman–Crippen LogP) is 5.39. The number of amides is 1. The molecule has 0 aliphatic carbocycles. The molecule has 0 saturated carbocycles. The second kappa shape index (κ2) is 7.29. The van der Waals surface area contributed by atoms with Gasteiger partial charge in [-0.25, -0.2) is 0 Å². The summed E-state index contributed by atoms with van der Waals surface area (Å²) in [6.07, 6.45) is 0. The standard InChI is InChI=1S/C20H16N2O2S/c1-13-3-5-15(6-4-13)19-11-18(14(2)24-19)20(23)22-16-7-9-17(10-8-16)25-12-21/h3-11H,1-2H3,(H,22,23). The molecule has 25 heavy (non-hydrogen) atoms. The van der Waals surface area contributed by atoms with Crippen molar-refractivity contribution in [3.63, 3.8) is 0 Å². The number of hydrogen-bond donors (Lipinski definition) is 1. The average Bonchev–Trinajstić information content (AvgIpc) is 2.99. The molecule has 0 atom stereocenters. The minimum Gasteiger partial charge on any atom is -0.461 e. The molecule has 2 aromatic carbocycles. The van der Waals surface area contributed by atoms with E-state index in [4.69, 9.17) is 9.68 Å². The van der Waals surface area contributed by atoms with Gasteiger partial charge in [0.25, 0.3) is 5.91 Å². The Labute approximate surface area is 150 Å². The first-order valence-electron chi connectivity index (χ1n) is 7.71. The number of rotatable bonds is 4. The van der Waals surface area contributed by atoms with E-state index in [-0.39, 0.29) is 5.91 Å². The fourth-order valence-electron chi connectivity index (χ4n) is 2.43. The molecule has 3 aromatic rings. The second-order valence-corrected chi connectivity index (χ2v) is 6.48. The van der Waals surface area contributed by atoms with Gasteiger partial charge in [0.1, 0.15) is 16.9 Å². The van der Waals surface area contributed by atoms with E-state index in [1.165, 1.54) is 5.56 Å². The number of carbonyl (C=O) groups excluding carboxylic acids is 1. The van der Waals surface area contributed by atoms with Crippen LogP contribution in [0.25, 0.3) is 11.3 Å². The molecule has 0 unspecified atom stereocenters. The van der Waals surface area contributed by atoms with Crippen molar-refractivity contribution in [3.05, 3.63) is 71.5 Å². The Kier molecular flexibility index (Phi) is 4.92. The van der Waals surface area contributed by atoms with Gasteiger partial charge in [-0.1, -0.05) is 29.8 Å². The lowest BCUT2D eigenvalue weighted by Crippen LogP contribution is -2.11. The van der Waals surface area contributed by atoms with E-state index in [2.05, 4.69) is 5.32 Å². The molecule has 0 spiro atoms. The minimum atomic E-state index is -0.222. The predicted molar refractivity (Wildman–Crippen MR) is 99.5 cm³/mol. The lowest BCUT2D eigenvalue weighted by molar-refractivity contribution is 0.102. The summed E-state index contributed by atoms with van der Waals surface area (Å²) in [6.45, 7) is 3.80. The molecule has 1 amide bonds. The molecule has 1 aromatic heterocycles. The van der Waals surface area contributed by atoms with Gasteiger partial charge in [0.2, 0.25) is 0 Å². The molecule has 5 heteroatoms. The zero-order chi connectivity index (χ0) is 17.8. The van der Waals surface area contributed by atoms with Gasteiger partial charge >= 0.3 is 0 Å². The van der Waals surface area contributed by atoms with Gasteiger partial charge in [-0.2, -0.15) is 5.26 Å². The number of nitrogens with zero attached hydrogens (tertiary/aromatic N) is 1. The van der Waals surface area contributed by atoms with Crippen molar-refractivity contribution in [2.75, 3.05) is 5.32 Å². The second-order valence-electron chi connectivity index (χ2n) is 5.62. The van der Waals surface area contributed by atoms with E-state index in [0.717, 1.165) is 22.2 Å². The molecule has 0 bridgehead atoms. The van der Waals surface area contributed by atoms with Crippen molar-refractivity contribution in [3.8, 4) is 16.7 Å². The number of benzene rings is 2. The molecule has 0 saturated heterocycles. The number of hydrogen-bond acceptors (Lipinski definition) is 4. The number of nitrogens with one attached hydrogen (secondary N) is 1. The van der Waals surface area contributed by atoms with Gasteiger partial charge in [0.05, 0.1) is 5.56 Å². The smallest absolute Gasteiger partial charge is 0.259 e. The van der Waals surface area contributed by atoms with Crippen LogP contribution in [0.5, 0.6) is 0 Å². The number of thiocyanates is 1. The number of anilines is 1. The SMILES string of the molecule is Cc1ccc(-c2cc(C(=O)Nc3ccc(SC#N)cc3)c(C)o2)cc1. The molecule has 0 radical (unpaired) electrons. The normalized spacial score (nSPS) is 10.3. The highest BCUT2D eigenvalue weighted by atomic mass is 32.2. The van der Waals surface area contributed by atoms with Crippen molar-refractivity contribution in [1.82, 2.24) is 0 Å². The number of furan rings is 1. The van der Waals surface area contributed by atoms with Crippen molar-refractivity contribution < 1.29 is 9.21 Å². The largest absolute Gasteiger partial charge is 0.461 e. The maximum absolute atomic E-state index is 12.5. The summed E-state index contributed by atoms with van der Waals surface area (Å²) >= 11 is 1.08. The fraction of sp³-hybridized carbons (Fsp3) is 0.100. The van der Waals surface area contributed by atoms with Gasteiger partial charge in [-0.15, -0.1) is 0 Å². The Bertz CT molecular complexity index is 935. The van der Waals surface area contributed by atoms with Crippen LogP contribution in [0.3, 0.4) is 0 Å². The minimum absolute atomic E-state index is 0.222. The number of nitriles is 1. The van der Waals surface area contributed by atoms with E-state index >= 15 is 0 Å².